The molecular weight excluding hydrogens is 305 g/mol. The maximum absolute atomic E-state index is 12.2. The molecule has 1 aromatic rings. The van der Waals surface area contributed by atoms with Crippen molar-refractivity contribution in [3.05, 3.63) is 33.8 Å². The molecule has 5 nitrogen and oxygen atoms in total. The van der Waals surface area contributed by atoms with E-state index in [1.54, 1.807) is 18.2 Å². The predicted molar refractivity (Wildman–Crippen MR) is 74.1 cm³/mol. The number of nitrogens with zero attached hydrogens (tertiary/aromatic N) is 1. The van der Waals surface area contributed by atoms with Crippen LogP contribution >= 0.6 is 23.2 Å². The molecule has 20 heavy (non-hydrogen) atoms. The highest BCUT2D eigenvalue weighted by molar-refractivity contribution is 6.35. The van der Waals surface area contributed by atoms with Gasteiger partial charge in [-0.25, -0.2) is 4.79 Å². The fraction of sp³-hybridized carbons (Fsp3) is 0.385. The molecule has 1 fully saturated rings. The van der Waals surface area contributed by atoms with Gasteiger partial charge in [-0.1, -0.05) is 29.3 Å². The zero-order chi connectivity index (χ0) is 14.7. The smallest absolute Gasteiger partial charge is 0.334 e. The molecular formula is C13H13Cl2NO4. The van der Waals surface area contributed by atoms with Gasteiger partial charge in [0.15, 0.2) is 6.10 Å². The van der Waals surface area contributed by atoms with Crippen LogP contribution in [0.25, 0.3) is 0 Å². The number of ether oxygens (including phenoxy) is 1. The molecule has 1 N–H and O–H groups in total. The first-order valence-corrected chi connectivity index (χ1v) is 6.79. The molecule has 1 aliphatic heterocycles. The summed E-state index contributed by atoms with van der Waals surface area (Å²) in [5.41, 5.74) is 0.666. The molecule has 1 atom stereocenters. The number of amides is 1. The number of carboxylic acids is 1. The molecule has 1 heterocycles. The Labute approximate surface area is 126 Å². The van der Waals surface area contributed by atoms with Gasteiger partial charge >= 0.3 is 5.97 Å². The van der Waals surface area contributed by atoms with Crippen LogP contribution in [0.1, 0.15) is 5.56 Å². The maximum Gasteiger partial charge on any atom is 0.334 e. The number of carbonyl (C=O) groups is 2. The molecule has 2 rings (SSSR count). The Morgan fingerprint density at radius 3 is 2.80 bits per heavy atom. The maximum atomic E-state index is 12.2. The third-order valence-electron chi connectivity index (χ3n) is 3.05. The van der Waals surface area contributed by atoms with Crippen LogP contribution in [0.4, 0.5) is 0 Å². The summed E-state index contributed by atoms with van der Waals surface area (Å²) >= 11 is 11.8. The molecule has 1 saturated heterocycles. The lowest BCUT2D eigenvalue weighted by molar-refractivity contribution is -0.159. The number of hydrogen-bond acceptors (Lipinski definition) is 3. The average molecular weight is 318 g/mol. The van der Waals surface area contributed by atoms with E-state index in [9.17, 15) is 9.59 Å². The minimum Gasteiger partial charge on any atom is -0.479 e. The van der Waals surface area contributed by atoms with Gasteiger partial charge < -0.3 is 14.7 Å². The molecule has 0 aliphatic carbocycles. The highest BCUT2D eigenvalue weighted by Gasteiger charge is 2.29. The summed E-state index contributed by atoms with van der Waals surface area (Å²) in [5.74, 6) is -1.24. The van der Waals surface area contributed by atoms with Crippen molar-refractivity contribution in [3.63, 3.8) is 0 Å². The number of carbonyl (C=O) groups excluding carboxylic acids is 1. The molecule has 7 heteroatoms. The lowest BCUT2D eigenvalue weighted by Gasteiger charge is -2.31. The van der Waals surface area contributed by atoms with E-state index in [0.717, 1.165) is 0 Å². The highest BCUT2D eigenvalue weighted by Crippen LogP contribution is 2.22. The number of aliphatic carboxylic acids is 1. The first kappa shape index (κ1) is 15.1. The Hall–Kier alpha value is -1.30. The SMILES string of the molecule is O=C(O)C1CN(C(=O)Cc2ccc(Cl)cc2Cl)CCO1. The number of carboxylic acid groups (broad SMARTS) is 1. The standard InChI is InChI=1S/C13H13Cl2NO4/c14-9-2-1-8(10(15)6-9)5-12(17)16-3-4-20-11(7-16)13(18)19/h1-2,6,11H,3-5,7H2,(H,18,19). The van der Waals surface area contributed by atoms with E-state index in [1.165, 1.54) is 4.90 Å². The average Bonchev–Trinajstić information content (AvgIpc) is 2.42. The van der Waals surface area contributed by atoms with Gasteiger partial charge in [-0.2, -0.15) is 0 Å². The number of halogens is 2. The predicted octanol–water partition coefficient (Wildman–Crippen LogP) is 1.85. The van der Waals surface area contributed by atoms with Gasteiger partial charge in [0.25, 0.3) is 0 Å². The second-order valence-corrected chi connectivity index (χ2v) is 5.29. The van der Waals surface area contributed by atoms with Crippen LogP contribution < -0.4 is 0 Å². The topological polar surface area (TPSA) is 66.8 Å². The monoisotopic (exact) mass is 317 g/mol. The van der Waals surface area contributed by atoms with Gasteiger partial charge in [-0.05, 0) is 17.7 Å². The van der Waals surface area contributed by atoms with E-state index in [4.69, 9.17) is 33.0 Å². The third kappa shape index (κ3) is 3.62. The van der Waals surface area contributed by atoms with E-state index in [1.807, 2.05) is 0 Å². The van der Waals surface area contributed by atoms with Crippen molar-refractivity contribution in [3.8, 4) is 0 Å². The van der Waals surface area contributed by atoms with Crippen molar-refractivity contribution in [1.82, 2.24) is 4.90 Å². The summed E-state index contributed by atoms with van der Waals surface area (Å²) in [5, 5.41) is 9.83. The van der Waals surface area contributed by atoms with Crippen LogP contribution in [0.2, 0.25) is 10.0 Å². The van der Waals surface area contributed by atoms with E-state index in [0.29, 0.717) is 22.2 Å². The molecule has 1 aliphatic rings. The quantitative estimate of drug-likeness (QED) is 0.923. The van der Waals surface area contributed by atoms with Crippen LogP contribution in [0.3, 0.4) is 0 Å². The molecule has 0 aromatic heterocycles. The summed E-state index contributed by atoms with van der Waals surface area (Å²) < 4.78 is 5.07. The van der Waals surface area contributed by atoms with E-state index in [-0.39, 0.29) is 25.5 Å². The Bertz CT molecular complexity index is 535. The van der Waals surface area contributed by atoms with Crippen LogP contribution in [0.15, 0.2) is 18.2 Å². The van der Waals surface area contributed by atoms with Crippen molar-refractivity contribution < 1.29 is 19.4 Å². The van der Waals surface area contributed by atoms with Crippen molar-refractivity contribution in [2.75, 3.05) is 19.7 Å². The Balaban J connectivity index is 2.02. The zero-order valence-electron chi connectivity index (χ0n) is 10.5. The summed E-state index contributed by atoms with van der Waals surface area (Å²) in [7, 11) is 0. The molecule has 0 bridgehead atoms. The molecule has 0 radical (unpaired) electrons. The third-order valence-corrected chi connectivity index (χ3v) is 3.64. The van der Waals surface area contributed by atoms with Crippen molar-refractivity contribution in [2.24, 2.45) is 0 Å². The molecule has 0 spiro atoms. The van der Waals surface area contributed by atoms with Gasteiger partial charge in [0, 0.05) is 16.6 Å². The Morgan fingerprint density at radius 1 is 1.40 bits per heavy atom. The summed E-state index contributed by atoms with van der Waals surface area (Å²) in [6.07, 6.45) is -0.851. The van der Waals surface area contributed by atoms with Crippen LogP contribution in [0, 0.1) is 0 Å². The molecule has 1 unspecified atom stereocenters. The Morgan fingerprint density at radius 2 is 2.15 bits per heavy atom. The van der Waals surface area contributed by atoms with Gasteiger partial charge in [0.05, 0.1) is 19.6 Å². The van der Waals surface area contributed by atoms with Crippen LogP contribution in [-0.4, -0.2) is 47.7 Å². The van der Waals surface area contributed by atoms with Gasteiger partial charge in [0.1, 0.15) is 0 Å². The zero-order valence-corrected chi connectivity index (χ0v) is 12.0. The normalized spacial score (nSPS) is 18.9. The first-order valence-electron chi connectivity index (χ1n) is 6.03. The lowest BCUT2D eigenvalue weighted by atomic mass is 10.1. The van der Waals surface area contributed by atoms with E-state index >= 15 is 0 Å². The van der Waals surface area contributed by atoms with Crippen molar-refractivity contribution >= 4 is 35.1 Å². The number of morpholine rings is 1. The highest BCUT2D eigenvalue weighted by atomic mass is 35.5. The minimum atomic E-state index is -1.06. The molecule has 0 saturated carbocycles. The largest absolute Gasteiger partial charge is 0.479 e. The second kappa shape index (κ2) is 6.43. The van der Waals surface area contributed by atoms with Crippen LogP contribution in [0.5, 0.6) is 0 Å². The summed E-state index contributed by atoms with van der Waals surface area (Å²) in [6.45, 7) is 0.657. The van der Waals surface area contributed by atoms with Gasteiger partial charge in [-0.15, -0.1) is 0 Å². The first-order chi connectivity index (χ1) is 9.47. The van der Waals surface area contributed by atoms with Crippen molar-refractivity contribution in [1.29, 1.82) is 0 Å². The van der Waals surface area contributed by atoms with Crippen LogP contribution in [-0.2, 0) is 20.7 Å². The summed E-state index contributed by atoms with van der Waals surface area (Å²) in [6, 6.07) is 4.93. The number of rotatable bonds is 3. The Kier molecular flexibility index (Phi) is 4.86. The van der Waals surface area contributed by atoms with E-state index < -0.39 is 12.1 Å². The molecule has 1 aromatic carbocycles. The number of benzene rings is 1. The van der Waals surface area contributed by atoms with Gasteiger partial charge in [-0.3, -0.25) is 4.79 Å². The minimum absolute atomic E-state index is 0.0549. The fourth-order valence-electron chi connectivity index (χ4n) is 1.96. The number of hydrogen-bond donors (Lipinski definition) is 1. The molecule has 1 amide bonds. The summed E-state index contributed by atoms with van der Waals surface area (Å²) in [4.78, 5) is 24.5. The van der Waals surface area contributed by atoms with Gasteiger partial charge in [0.2, 0.25) is 5.91 Å². The van der Waals surface area contributed by atoms with Crippen molar-refractivity contribution in [2.45, 2.75) is 12.5 Å². The fourth-order valence-corrected chi connectivity index (χ4v) is 2.44. The molecule has 108 valence electrons. The lowest BCUT2D eigenvalue weighted by Crippen LogP contribution is -2.49. The second-order valence-electron chi connectivity index (χ2n) is 4.45. The van der Waals surface area contributed by atoms with E-state index in [2.05, 4.69) is 0 Å².